The minimum absolute atomic E-state index is 0.106. The number of pyridine rings is 1. The minimum Gasteiger partial charge on any atom is -0.481 e. The molecule has 4 aromatic rings. The van der Waals surface area contributed by atoms with Crippen molar-refractivity contribution in [2.24, 2.45) is 0 Å². The lowest BCUT2D eigenvalue weighted by molar-refractivity contribution is 0.0779. The number of aromatic amines is 1. The highest BCUT2D eigenvalue weighted by molar-refractivity contribution is 5.93. The number of methoxy groups -OCH3 is 1. The Morgan fingerprint density at radius 3 is 2.63 bits per heavy atom. The summed E-state index contributed by atoms with van der Waals surface area (Å²) >= 11 is 0. The number of carbonyl (C=O) groups excluding carboxylic acids is 1. The monoisotopic (exact) mass is 408 g/mol. The second kappa shape index (κ2) is 7.90. The van der Waals surface area contributed by atoms with E-state index in [9.17, 15) is 13.6 Å². The molecule has 0 radical (unpaired) electrons. The predicted molar refractivity (Wildman–Crippen MR) is 108 cm³/mol. The SMILES string of the molecule is COc1nc(C(=O)N(C)Cc2cccc3cn[nH]c23)ccc1-c1cc(F)cc(F)c1. The molecule has 1 amide bonds. The maximum absolute atomic E-state index is 13.6. The molecule has 8 heteroatoms. The molecule has 0 spiro atoms. The Bertz CT molecular complexity index is 1220. The van der Waals surface area contributed by atoms with Crippen LogP contribution in [0.3, 0.4) is 0 Å². The van der Waals surface area contributed by atoms with Crippen molar-refractivity contribution in [1.82, 2.24) is 20.1 Å². The van der Waals surface area contributed by atoms with E-state index >= 15 is 0 Å². The number of para-hydroxylation sites is 1. The van der Waals surface area contributed by atoms with Crippen LogP contribution in [0.1, 0.15) is 16.1 Å². The molecule has 0 saturated heterocycles. The Kier molecular flexibility index (Phi) is 5.14. The van der Waals surface area contributed by atoms with E-state index in [0.717, 1.165) is 22.5 Å². The van der Waals surface area contributed by atoms with E-state index in [1.165, 1.54) is 30.2 Å². The number of halogens is 2. The van der Waals surface area contributed by atoms with E-state index in [-0.39, 0.29) is 23.0 Å². The lowest BCUT2D eigenvalue weighted by atomic mass is 10.1. The zero-order chi connectivity index (χ0) is 21.3. The summed E-state index contributed by atoms with van der Waals surface area (Å²) < 4.78 is 32.5. The number of aromatic nitrogens is 3. The number of H-pyrrole nitrogens is 1. The number of hydrogen-bond donors (Lipinski definition) is 1. The zero-order valence-corrected chi connectivity index (χ0v) is 16.3. The van der Waals surface area contributed by atoms with Crippen molar-refractivity contribution >= 4 is 16.8 Å². The second-order valence-corrected chi connectivity index (χ2v) is 6.82. The van der Waals surface area contributed by atoms with E-state index < -0.39 is 11.6 Å². The fourth-order valence-electron chi connectivity index (χ4n) is 3.33. The predicted octanol–water partition coefficient (Wildman–Crippen LogP) is 4.18. The van der Waals surface area contributed by atoms with E-state index in [2.05, 4.69) is 15.2 Å². The molecule has 4 rings (SSSR count). The molecule has 0 aliphatic heterocycles. The first-order valence-electron chi connectivity index (χ1n) is 9.14. The highest BCUT2D eigenvalue weighted by Gasteiger charge is 2.18. The number of carbonyl (C=O) groups is 1. The fraction of sp³-hybridized carbons (Fsp3) is 0.136. The first-order chi connectivity index (χ1) is 14.5. The molecule has 2 aromatic heterocycles. The summed E-state index contributed by atoms with van der Waals surface area (Å²) in [5.74, 6) is -1.63. The van der Waals surface area contributed by atoms with Gasteiger partial charge in [-0.3, -0.25) is 9.89 Å². The summed E-state index contributed by atoms with van der Waals surface area (Å²) in [6.45, 7) is 0.346. The molecule has 0 aliphatic carbocycles. The summed E-state index contributed by atoms with van der Waals surface area (Å²) in [4.78, 5) is 18.7. The van der Waals surface area contributed by atoms with Crippen molar-refractivity contribution in [3.05, 3.63) is 77.6 Å². The Labute approximate surface area is 171 Å². The first-order valence-corrected chi connectivity index (χ1v) is 9.14. The van der Waals surface area contributed by atoms with Crippen molar-refractivity contribution in [2.75, 3.05) is 14.2 Å². The van der Waals surface area contributed by atoms with E-state index in [1.807, 2.05) is 18.2 Å². The fourth-order valence-corrected chi connectivity index (χ4v) is 3.33. The molecule has 1 N–H and O–H groups in total. The van der Waals surface area contributed by atoms with Crippen LogP contribution in [0.2, 0.25) is 0 Å². The average Bonchev–Trinajstić information content (AvgIpc) is 3.22. The van der Waals surface area contributed by atoms with Gasteiger partial charge in [-0.05, 0) is 35.4 Å². The number of amides is 1. The number of nitrogens with one attached hydrogen (secondary N) is 1. The van der Waals surface area contributed by atoms with Crippen molar-refractivity contribution in [3.8, 4) is 17.0 Å². The molecule has 6 nitrogen and oxygen atoms in total. The van der Waals surface area contributed by atoms with Crippen LogP contribution in [-0.2, 0) is 6.54 Å². The number of benzene rings is 2. The summed E-state index contributed by atoms with van der Waals surface area (Å²) in [7, 11) is 3.06. The Balaban J connectivity index is 1.61. The molecule has 152 valence electrons. The second-order valence-electron chi connectivity index (χ2n) is 6.82. The van der Waals surface area contributed by atoms with Crippen LogP contribution in [0.25, 0.3) is 22.0 Å². The molecule has 0 aliphatic rings. The van der Waals surface area contributed by atoms with Gasteiger partial charge in [-0.2, -0.15) is 5.10 Å². The number of rotatable bonds is 5. The topological polar surface area (TPSA) is 71.1 Å². The minimum atomic E-state index is -0.708. The van der Waals surface area contributed by atoms with Crippen molar-refractivity contribution in [1.29, 1.82) is 0 Å². The van der Waals surface area contributed by atoms with Crippen molar-refractivity contribution in [2.45, 2.75) is 6.54 Å². The lowest BCUT2D eigenvalue weighted by Crippen LogP contribution is -2.27. The van der Waals surface area contributed by atoms with Crippen LogP contribution < -0.4 is 4.74 Å². The molecule has 0 unspecified atom stereocenters. The Morgan fingerprint density at radius 1 is 1.13 bits per heavy atom. The van der Waals surface area contributed by atoms with E-state index in [0.29, 0.717) is 12.1 Å². The van der Waals surface area contributed by atoms with Gasteiger partial charge in [0.1, 0.15) is 17.3 Å². The molecule has 0 saturated carbocycles. The van der Waals surface area contributed by atoms with Crippen molar-refractivity contribution in [3.63, 3.8) is 0 Å². The normalized spacial score (nSPS) is 10.9. The molecule has 2 aromatic carbocycles. The third-order valence-electron chi connectivity index (χ3n) is 4.76. The highest BCUT2D eigenvalue weighted by atomic mass is 19.1. The summed E-state index contributed by atoms with van der Waals surface area (Å²) in [5.41, 5.74) is 2.60. The smallest absolute Gasteiger partial charge is 0.272 e. The van der Waals surface area contributed by atoms with E-state index in [1.54, 1.807) is 19.3 Å². The van der Waals surface area contributed by atoms with Crippen LogP contribution in [-0.4, -0.2) is 40.1 Å². The van der Waals surface area contributed by atoms with Gasteiger partial charge in [-0.1, -0.05) is 18.2 Å². The summed E-state index contributed by atoms with van der Waals surface area (Å²) in [6, 6.07) is 12.0. The average molecular weight is 408 g/mol. The van der Waals surface area contributed by atoms with Gasteiger partial charge in [-0.25, -0.2) is 13.8 Å². The third-order valence-corrected chi connectivity index (χ3v) is 4.76. The highest BCUT2D eigenvalue weighted by Crippen LogP contribution is 2.30. The largest absolute Gasteiger partial charge is 0.481 e. The maximum Gasteiger partial charge on any atom is 0.272 e. The van der Waals surface area contributed by atoms with Gasteiger partial charge in [-0.15, -0.1) is 0 Å². The Morgan fingerprint density at radius 2 is 1.90 bits per heavy atom. The van der Waals surface area contributed by atoms with Gasteiger partial charge in [0.05, 0.1) is 18.8 Å². The van der Waals surface area contributed by atoms with Gasteiger partial charge in [0.15, 0.2) is 0 Å². The van der Waals surface area contributed by atoms with Gasteiger partial charge < -0.3 is 9.64 Å². The summed E-state index contributed by atoms with van der Waals surface area (Å²) in [5, 5.41) is 7.93. The van der Waals surface area contributed by atoms with E-state index in [4.69, 9.17) is 4.74 Å². The van der Waals surface area contributed by atoms with Crippen LogP contribution in [0.15, 0.2) is 54.7 Å². The molecule has 30 heavy (non-hydrogen) atoms. The van der Waals surface area contributed by atoms with Gasteiger partial charge in [0, 0.05) is 30.6 Å². The van der Waals surface area contributed by atoms with Crippen molar-refractivity contribution < 1.29 is 18.3 Å². The molecule has 0 bridgehead atoms. The number of nitrogens with zero attached hydrogens (tertiary/aromatic N) is 3. The molecular weight excluding hydrogens is 390 g/mol. The maximum atomic E-state index is 13.6. The zero-order valence-electron chi connectivity index (χ0n) is 16.3. The number of fused-ring (bicyclic) bond motifs is 1. The molecule has 0 fully saturated rings. The molecular formula is C22H18F2N4O2. The third kappa shape index (κ3) is 3.71. The summed E-state index contributed by atoms with van der Waals surface area (Å²) in [6.07, 6.45) is 1.72. The van der Waals surface area contributed by atoms with Gasteiger partial charge in [0.2, 0.25) is 5.88 Å². The van der Waals surface area contributed by atoms with Crippen LogP contribution in [0.5, 0.6) is 5.88 Å². The standard InChI is InChI=1S/C22H18F2N4O2/c1-28(12-14-5-3-4-13-11-25-27-20(13)14)22(29)19-7-6-18(21(26-19)30-2)15-8-16(23)10-17(24)9-15/h3-11H,12H2,1-2H3,(H,25,27). The number of ether oxygens (including phenoxy) is 1. The molecule has 0 atom stereocenters. The van der Waals surface area contributed by atoms with Gasteiger partial charge >= 0.3 is 0 Å². The number of hydrogen-bond acceptors (Lipinski definition) is 4. The van der Waals surface area contributed by atoms with Crippen LogP contribution in [0.4, 0.5) is 8.78 Å². The van der Waals surface area contributed by atoms with Crippen LogP contribution in [0, 0.1) is 11.6 Å². The first kappa shape index (κ1) is 19.5. The van der Waals surface area contributed by atoms with Crippen LogP contribution >= 0.6 is 0 Å². The quantitative estimate of drug-likeness (QED) is 0.538. The van der Waals surface area contributed by atoms with Gasteiger partial charge in [0.25, 0.3) is 5.91 Å². The Hall–Kier alpha value is -3.81. The lowest BCUT2D eigenvalue weighted by Gasteiger charge is -2.18. The molecule has 2 heterocycles.